The van der Waals surface area contributed by atoms with Crippen molar-refractivity contribution < 1.29 is 19.0 Å². The Bertz CT molecular complexity index is 1090. The zero-order chi connectivity index (χ0) is 22.6. The van der Waals surface area contributed by atoms with E-state index >= 15 is 0 Å². The van der Waals surface area contributed by atoms with Crippen LogP contribution in [0.15, 0.2) is 60.8 Å². The highest BCUT2D eigenvalue weighted by molar-refractivity contribution is 5.94. The van der Waals surface area contributed by atoms with Gasteiger partial charge in [-0.2, -0.15) is 5.10 Å². The number of nitrogens with zero attached hydrogens (tertiary/aromatic N) is 3. The molecule has 1 N–H and O–H groups in total. The molecule has 8 heteroatoms. The highest BCUT2D eigenvalue weighted by atomic mass is 16.7. The monoisotopic (exact) mass is 448 g/mol. The van der Waals surface area contributed by atoms with Crippen molar-refractivity contribution in [1.29, 1.82) is 0 Å². The van der Waals surface area contributed by atoms with Crippen LogP contribution in [0.5, 0.6) is 11.5 Å². The SMILES string of the molecule is COC(C(=O)Nc1ccnn1C1CCN(Cc2cccc3c2OCO3)CC1)c1ccccc1. The Labute approximate surface area is 193 Å². The first-order valence-corrected chi connectivity index (χ1v) is 11.2. The second kappa shape index (κ2) is 9.64. The molecular weight excluding hydrogens is 420 g/mol. The van der Waals surface area contributed by atoms with Crippen LogP contribution < -0.4 is 14.8 Å². The van der Waals surface area contributed by atoms with E-state index in [2.05, 4.69) is 21.4 Å². The lowest BCUT2D eigenvalue weighted by Crippen LogP contribution is -2.35. The second-order valence-electron chi connectivity index (χ2n) is 8.33. The van der Waals surface area contributed by atoms with Crippen molar-refractivity contribution in [3.05, 3.63) is 71.9 Å². The van der Waals surface area contributed by atoms with Crippen molar-refractivity contribution in [2.45, 2.75) is 31.5 Å². The first-order chi connectivity index (χ1) is 16.2. The van der Waals surface area contributed by atoms with Gasteiger partial charge in [0.25, 0.3) is 5.91 Å². The summed E-state index contributed by atoms with van der Waals surface area (Å²) in [5.41, 5.74) is 1.97. The lowest BCUT2D eigenvalue weighted by Gasteiger charge is -2.33. The zero-order valence-electron chi connectivity index (χ0n) is 18.6. The molecule has 0 bridgehead atoms. The largest absolute Gasteiger partial charge is 0.454 e. The number of carbonyl (C=O) groups excluding carboxylic acids is 1. The number of piperidine rings is 1. The molecular formula is C25H28N4O4. The molecule has 1 aromatic heterocycles. The topological polar surface area (TPSA) is 77.9 Å². The average molecular weight is 449 g/mol. The van der Waals surface area contributed by atoms with Crippen LogP contribution in [-0.2, 0) is 16.1 Å². The number of fused-ring (bicyclic) bond motifs is 1. The van der Waals surface area contributed by atoms with E-state index in [1.54, 1.807) is 13.3 Å². The number of nitrogens with one attached hydrogen (secondary N) is 1. The van der Waals surface area contributed by atoms with Crippen molar-refractivity contribution >= 4 is 11.7 Å². The molecule has 1 atom stereocenters. The minimum atomic E-state index is -0.671. The maximum absolute atomic E-state index is 12.9. The Kier molecular flexibility index (Phi) is 6.28. The Morgan fingerprint density at radius 1 is 1.12 bits per heavy atom. The van der Waals surface area contributed by atoms with Crippen LogP contribution in [-0.4, -0.2) is 47.6 Å². The maximum Gasteiger partial charge on any atom is 0.259 e. The number of aromatic nitrogens is 2. The number of hydrogen-bond donors (Lipinski definition) is 1. The molecule has 0 radical (unpaired) electrons. The first kappa shape index (κ1) is 21.5. The van der Waals surface area contributed by atoms with Gasteiger partial charge in [-0.3, -0.25) is 9.69 Å². The van der Waals surface area contributed by atoms with Gasteiger partial charge in [0, 0.05) is 38.4 Å². The summed E-state index contributed by atoms with van der Waals surface area (Å²) in [6.45, 7) is 2.99. The standard InChI is InChI=1S/C25H28N4O4/c1-31-24(18-6-3-2-4-7-18)25(30)27-22-10-13-26-29(22)20-11-14-28(15-12-20)16-19-8-5-9-21-23(19)33-17-32-21/h2-10,13,20,24H,11-12,14-17H2,1H3,(H,27,30). The molecule has 1 unspecified atom stereocenters. The summed E-state index contributed by atoms with van der Waals surface area (Å²) in [7, 11) is 1.55. The maximum atomic E-state index is 12.9. The van der Waals surface area contributed by atoms with Gasteiger partial charge in [-0.05, 0) is 24.5 Å². The number of carbonyl (C=O) groups is 1. The molecule has 33 heavy (non-hydrogen) atoms. The van der Waals surface area contributed by atoms with E-state index in [0.29, 0.717) is 5.82 Å². The molecule has 1 fully saturated rings. The Morgan fingerprint density at radius 3 is 2.73 bits per heavy atom. The van der Waals surface area contributed by atoms with E-state index in [-0.39, 0.29) is 18.7 Å². The molecule has 172 valence electrons. The van der Waals surface area contributed by atoms with Gasteiger partial charge in [-0.1, -0.05) is 42.5 Å². The summed E-state index contributed by atoms with van der Waals surface area (Å²) in [4.78, 5) is 15.3. The van der Waals surface area contributed by atoms with Gasteiger partial charge >= 0.3 is 0 Å². The molecule has 0 aliphatic carbocycles. The summed E-state index contributed by atoms with van der Waals surface area (Å²) < 4.78 is 18.5. The highest BCUT2D eigenvalue weighted by Gasteiger charge is 2.27. The zero-order valence-corrected chi connectivity index (χ0v) is 18.6. The van der Waals surface area contributed by atoms with Crippen LogP contribution >= 0.6 is 0 Å². The summed E-state index contributed by atoms with van der Waals surface area (Å²) in [6, 6.07) is 17.6. The number of hydrogen-bond acceptors (Lipinski definition) is 6. The van der Waals surface area contributed by atoms with Crippen LogP contribution in [0.25, 0.3) is 0 Å². The van der Waals surface area contributed by atoms with Crippen molar-refractivity contribution in [3.63, 3.8) is 0 Å². The highest BCUT2D eigenvalue weighted by Crippen LogP contribution is 2.36. The molecule has 0 saturated carbocycles. The fraction of sp³-hybridized carbons (Fsp3) is 0.360. The molecule has 3 heterocycles. The molecule has 2 aliphatic rings. The third-order valence-electron chi connectivity index (χ3n) is 6.27. The Balaban J connectivity index is 1.21. The predicted molar refractivity (Wildman–Crippen MR) is 123 cm³/mol. The number of benzene rings is 2. The van der Waals surface area contributed by atoms with Crippen molar-refractivity contribution in [2.75, 3.05) is 32.3 Å². The fourth-order valence-electron chi connectivity index (χ4n) is 4.60. The van der Waals surface area contributed by atoms with E-state index in [9.17, 15) is 4.79 Å². The van der Waals surface area contributed by atoms with E-state index in [4.69, 9.17) is 14.2 Å². The number of anilines is 1. The lowest BCUT2D eigenvalue weighted by atomic mass is 10.0. The van der Waals surface area contributed by atoms with Gasteiger partial charge < -0.3 is 19.5 Å². The Hall–Kier alpha value is -3.36. The quantitative estimate of drug-likeness (QED) is 0.593. The number of ether oxygens (including phenoxy) is 3. The second-order valence-corrected chi connectivity index (χ2v) is 8.33. The van der Waals surface area contributed by atoms with Crippen LogP contribution in [0.4, 0.5) is 5.82 Å². The summed E-state index contributed by atoms with van der Waals surface area (Å²) in [6.07, 6.45) is 2.96. The molecule has 2 aromatic carbocycles. The van der Waals surface area contributed by atoms with Gasteiger partial charge in [0.05, 0.1) is 12.2 Å². The number of methoxy groups -OCH3 is 1. The van der Waals surface area contributed by atoms with E-state index < -0.39 is 6.10 Å². The Morgan fingerprint density at radius 2 is 1.94 bits per heavy atom. The van der Waals surface area contributed by atoms with Gasteiger partial charge in [-0.15, -0.1) is 0 Å². The van der Waals surface area contributed by atoms with Crippen LogP contribution in [0, 0.1) is 0 Å². The van der Waals surface area contributed by atoms with Gasteiger partial charge in [0.2, 0.25) is 6.79 Å². The number of rotatable bonds is 7. The van der Waals surface area contributed by atoms with Gasteiger partial charge in [0.15, 0.2) is 17.6 Å². The molecule has 1 amide bonds. The summed E-state index contributed by atoms with van der Waals surface area (Å²) in [5, 5.41) is 7.52. The fourth-order valence-corrected chi connectivity index (χ4v) is 4.60. The predicted octanol–water partition coefficient (Wildman–Crippen LogP) is 3.78. The molecule has 8 nitrogen and oxygen atoms in total. The lowest BCUT2D eigenvalue weighted by molar-refractivity contribution is -0.126. The molecule has 0 spiro atoms. The molecule has 5 rings (SSSR count). The smallest absolute Gasteiger partial charge is 0.259 e. The van der Waals surface area contributed by atoms with E-state index in [1.165, 1.54) is 0 Å². The molecule has 2 aliphatic heterocycles. The average Bonchev–Trinajstić information content (AvgIpc) is 3.51. The third-order valence-corrected chi connectivity index (χ3v) is 6.27. The van der Waals surface area contributed by atoms with Crippen LogP contribution in [0.2, 0.25) is 0 Å². The van der Waals surface area contributed by atoms with Crippen molar-refractivity contribution in [2.24, 2.45) is 0 Å². The normalized spacial score (nSPS) is 17.1. The van der Waals surface area contributed by atoms with E-state index in [1.807, 2.05) is 53.2 Å². The van der Waals surface area contributed by atoms with Crippen molar-refractivity contribution in [3.8, 4) is 11.5 Å². The number of para-hydroxylation sites is 1. The van der Waals surface area contributed by atoms with Crippen molar-refractivity contribution in [1.82, 2.24) is 14.7 Å². The molecule has 3 aromatic rings. The molecule has 1 saturated heterocycles. The van der Waals surface area contributed by atoms with Gasteiger partial charge in [0.1, 0.15) is 5.82 Å². The summed E-state index contributed by atoms with van der Waals surface area (Å²) >= 11 is 0. The van der Waals surface area contributed by atoms with Crippen LogP contribution in [0.1, 0.15) is 36.1 Å². The van der Waals surface area contributed by atoms with E-state index in [0.717, 1.165) is 55.1 Å². The summed E-state index contributed by atoms with van der Waals surface area (Å²) in [5.74, 6) is 2.18. The minimum absolute atomic E-state index is 0.206. The minimum Gasteiger partial charge on any atom is -0.454 e. The number of amides is 1. The number of likely N-dealkylation sites (tertiary alicyclic amines) is 1. The van der Waals surface area contributed by atoms with Gasteiger partial charge in [-0.25, -0.2) is 4.68 Å². The first-order valence-electron chi connectivity index (χ1n) is 11.2. The van der Waals surface area contributed by atoms with Crippen LogP contribution in [0.3, 0.4) is 0 Å². The third kappa shape index (κ3) is 4.58.